The normalized spacial score (nSPS) is 11.5. The highest BCUT2D eigenvalue weighted by Gasteiger charge is 2.30. The minimum Gasteiger partial charge on any atom is -0.332 e. The zero-order chi connectivity index (χ0) is 18.2. The Kier molecular flexibility index (Phi) is 4.17. The number of rotatable bonds is 2. The average Bonchev–Trinajstić information content (AvgIpc) is 2.53. The Morgan fingerprint density at radius 3 is 2.56 bits per heavy atom. The summed E-state index contributed by atoms with van der Waals surface area (Å²) in [5, 5.41) is 2.71. The van der Waals surface area contributed by atoms with E-state index in [9.17, 15) is 22.8 Å². The largest absolute Gasteiger partial charge is 0.416 e. The first-order valence-corrected chi connectivity index (χ1v) is 7.40. The van der Waals surface area contributed by atoms with Crippen molar-refractivity contribution in [1.82, 2.24) is 9.97 Å². The highest BCUT2D eigenvalue weighted by atomic mass is 32.1. The molecule has 3 rings (SSSR count). The maximum Gasteiger partial charge on any atom is 0.416 e. The fourth-order valence-electron chi connectivity index (χ4n) is 2.29. The van der Waals surface area contributed by atoms with Gasteiger partial charge in [0.15, 0.2) is 4.77 Å². The van der Waals surface area contributed by atoms with E-state index in [0.29, 0.717) is 10.9 Å². The summed E-state index contributed by atoms with van der Waals surface area (Å²) in [5.74, 6) is -0.610. The minimum absolute atomic E-state index is 0.0127. The van der Waals surface area contributed by atoms with Crippen LogP contribution in [0, 0.1) is 4.77 Å². The molecular weight excluding hydrogens is 355 g/mol. The van der Waals surface area contributed by atoms with Gasteiger partial charge in [-0.05, 0) is 48.6 Å². The third-order valence-corrected chi connectivity index (χ3v) is 3.65. The molecule has 0 aliphatic heterocycles. The van der Waals surface area contributed by atoms with Crippen LogP contribution in [0.3, 0.4) is 0 Å². The van der Waals surface area contributed by atoms with Crippen LogP contribution in [0.25, 0.3) is 10.9 Å². The molecule has 0 radical (unpaired) electrons. The Labute approximate surface area is 143 Å². The second-order valence-electron chi connectivity index (χ2n) is 5.20. The molecule has 0 atom stereocenters. The van der Waals surface area contributed by atoms with Gasteiger partial charge < -0.3 is 10.3 Å². The number of amides is 1. The Hall–Kier alpha value is -2.94. The van der Waals surface area contributed by atoms with Crippen molar-refractivity contribution in [2.24, 2.45) is 0 Å². The van der Waals surface area contributed by atoms with E-state index in [4.69, 9.17) is 12.2 Å². The van der Waals surface area contributed by atoms with Crippen LogP contribution in [0.1, 0.15) is 15.9 Å². The Morgan fingerprint density at radius 1 is 1.08 bits per heavy atom. The number of halogens is 3. The predicted molar refractivity (Wildman–Crippen MR) is 89.2 cm³/mol. The predicted octanol–water partition coefficient (Wildman–Crippen LogP) is 3.86. The molecule has 128 valence electrons. The van der Waals surface area contributed by atoms with Crippen LogP contribution in [0.15, 0.2) is 47.3 Å². The second kappa shape index (κ2) is 6.17. The number of hydrogen-bond acceptors (Lipinski definition) is 3. The van der Waals surface area contributed by atoms with E-state index >= 15 is 0 Å². The van der Waals surface area contributed by atoms with E-state index in [1.54, 1.807) is 0 Å². The number of alkyl halides is 3. The smallest absolute Gasteiger partial charge is 0.332 e. The standard InChI is InChI=1S/C16H10F3N3O2S/c17-16(18,19)9-2-1-3-10(7-9)20-13(23)8-4-5-11-12(6-8)21-15(25)22-14(11)24/h1-7H,(H,20,23)(H2,21,22,24,25). The van der Waals surface area contributed by atoms with E-state index < -0.39 is 23.2 Å². The van der Waals surface area contributed by atoms with Crippen molar-refractivity contribution in [2.75, 3.05) is 5.32 Å². The van der Waals surface area contributed by atoms with E-state index in [2.05, 4.69) is 15.3 Å². The summed E-state index contributed by atoms with van der Waals surface area (Å²) in [5.41, 5.74) is -0.728. The maximum atomic E-state index is 12.7. The third kappa shape index (κ3) is 3.61. The van der Waals surface area contributed by atoms with Crippen molar-refractivity contribution in [3.63, 3.8) is 0 Å². The molecule has 2 aromatic carbocycles. The van der Waals surface area contributed by atoms with Crippen molar-refractivity contribution in [1.29, 1.82) is 0 Å². The third-order valence-electron chi connectivity index (χ3n) is 3.45. The van der Waals surface area contributed by atoms with E-state index in [1.807, 2.05) is 0 Å². The molecule has 9 heteroatoms. The highest BCUT2D eigenvalue weighted by Crippen LogP contribution is 2.30. The van der Waals surface area contributed by atoms with E-state index in [0.717, 1.165) is 12.1 Å². The van der Waals surface area contributed by atoms with Crippen molar-refractivity contribution < 1.29 is 18.0 Å². The number of carbonyl (C=O) groups is 1. The van der Waals surface area contributed by atoms with Gasteiger partial charge >= 0.3 is 6.18 Å². The molecule has 0 bridgehead atoms. The fraction of sp³-hybridized carbons (Fsp3) is 0.0625. The van der Waals surface area contributed by atoms with Crippen LogP contribution in [-0.4, -0.2) is 15.9 Å². The van der Waals surface area contributed by atoms with Gasteiger partial charge in [-0.15, -0.1) is 0 Å². The number of fused-ring (bicyclic) bond motifs is 1. The lowest BCUT2D eigenvalue weighted by Gasteiger charge is -2.10. The first kappa shape index (κ1) is 16.9. The molecule has 0 aliphatic rings. The summed E-state index contributed by atoms with van der Waals surface area (Å²) in [7, 11) is 0. The van der Waals surface area contributed by atoms with Crippen LogP contribution < -0.4 is 10.9 Å². The first-order valence-electron chi connectivity index (χ1n) is 6.99. The van der Waals surface area contributed by atoms with E-state index in [-0.39, 0.29) is 16.0 Å². The van der Waals surface area contributed by atoms with Crippen molar-refractivity contribution in [3.8, 4) is 0 Å². The van der Waals surface area contributed by atoms with Gasteiger partial charge in [0, 0.05) is 11.3 Å². The minimum atomic E-state index is -4.50. The molecule has 0 saturated heterocycles. The van der Waals surface area contributed by atoms with Gasteiger partial charge in [-0.25, -0.2) is 0 Å². The van der Waals surface area contributed by atoms with Gasteiger partial charge in [0.05, 0.1) is 16.5 Å². The summed E-state index contributed by atoms with van der Waals surface area (Å²) in [6.07, 6.45) is -4.50. The molecule has 5 nitrogen and oxygen atoms in total. The molecule has 1 amide bonds. The number of H-pyrrole nitrogens is 2. The number of aromatic nitrogens is 2. The van der Waals surface area contributed by atoms with E-state index in [1.165, 1.54) is 30.3 Å². The Balaban J connectivity index is 1.93. The lowest BCUT2D eigenvalue weighted by Crippen LogP contribution is -2.14. The van der Waals surface area contributed by atoms with Crippen molar-refractivity contribution in [3.05, 3.63) is 68.7 Å². The highest BCUT2D eigenvalue weighted by molar-refractivity contribution is 7.71. The van der Waals surface area contributed by atoms with Gasteiger partial charge in [-0.2, -0.15) is 13.2 Å². The molecule has 0 saturated carbocycles. The zero-order valence-electron chi connectivity index (χ0n) is 12.4. The molecule has 1 heterocycles. The van der Waals surface area contributed by atoms with Crippen LogP contribution >= 0.6 is 12.2 Å². The van der Waals surface area contributed by atoms with Crippen molar-refractivity contribution in [2.45, 2.75) is 6.18 Å². The summed E-state index contributed by atoms with van der Waals surface area (Å²) in [4.78, 5) is 29.2. The SMILES string of the molecule is O=C(Nc1cccc(C(F)(F)F)c1)c1ccc2c(=O)[nH]c(=S)[nH]c2c1. The number of hydrogen-bond donors (Lipinski definition) is 3. The van der Waals surface area contributed by atoms with Crippen LogP contribution in [0.5, 0.6) is 0 Å². The number of benzene rings is 2. The molecule has 3 aromatic rings. The fourth-order valence-corrected chi connectivity index (χ4v) is 2.49. The maximum absolute atomic E-state index is 12.7. The van der Waals surface area contributed by atoms with Crippen LogP contribution in [0.4, 0.5) is 18.9 Å². The summed E-state index contributed by atoms with van der Waals surface area (Å²) in [6, 6.07) is 8.55. The van der Waals surface area contributed by atoms with Gasteiger partial charge in [0.25, 0.3) is 11.5 Å². The topological polar surface area (TPSA) is 77.8 Å². The summed E-state index contributed by atoms with van der Waals surface area (Å²) in [6.45, 7) is 0. The molecule has 1 aromatic heterocycles. The lowest BCUT2D eigenvalue weighted by molar-refractivity contribution is -0.137. The summed E-state index contributed by atoms with van der Waals surface area (Å²) >= 11 is 4.87. The Bertz CT molecular complexity index is 1090. The Morgan fingerprint density at radius 2 is 1.84 bits per heavy atom. The first-order chi connectivity index (χ1) is 11.7. The molecule has 3 N–H and O–H groups in total. The van der Waals surface area contributed by atoms with Gasteiger partial charge in [0.1, 0.15) is 0 Å². The van der Waals surface area contributed by atoms with Crippen molar-refractivity contribution >= 4 is 34.7 Å². The monoisotopic (exact) mass is 365 g/mol. The quantitative estimate of drug-likeness (QED) is 0.604. The van der Waals surface area contributed by atoms with Gasteiger partial charge in [-0.1, -0.05) is 6.07 Å². The van der Waals surface area contributed by atoms with Gasteiger partial charge in [-0.3, -0.25) is 14.6 Å². The number of anilines is 1. The zero-order valence-corrected chi connectivity index (χ0v) is 13.2. The summed E-state index contributed by atoms with van der Waals surface area (Å²) < 4.78 is 38.3. The lowest BCUT2D eigenvalue weighted by atomic mass is 10.1. The molecular formula is C16H10F3N3O2S. The van der Waals surface area contributed by atoms with Gasteiger partial charge in [0.2, 0.25) is 0 Å². The number of carbonyl (C=O) groups excluding carboxylic acids is 1. The molecule has 0 aliphatic carbocycles. The number of aromatic amines is 2. The second-order valence-corrected chi connectivity index (χ2v) is 5.61. The number of nitrogens with one attached hydrogen (secondary N) is 3. The molecule has 0 spiro atoms. The molecule has 0 fully saturated rings. The van der Waals surface area contributed by atoms with Crippen LogP contribution in [-0.2, 0) is 6.18 Å². The average molecular weight is 365 g/mol. The van der Waals surface area contributed by atoms with Crippen LogP contribution in [0.2, 0.25) is 0 Å². The molecule has 25 heavy (non-hydrogen) atoms. The molecule has 0 unspecified atom stereocenters.